The van der Waals surface area contributed by atoms with Gasteiger partial charge in [0.15, 0.2) is 5.13 Å². The van der Waals surface area contributed by atoms with Gasteiger partial charge in [0.25, 0.3) is 0 Å². The van der Waals surface area contributed by atoms with E-state index in [0.29, 0.717) is 29.8 Å². The minimum absolute atomic E-state index is 0.260. The normalized spacial score (nSPS) is 13.9. The van der Waals surface area contributed by atoms with E-state index in [9.17, 15) is 13.2 Å². The van der Waals surface area contributed by atoms with Crippen LogP contribution in [0.5, 0.6) is 0 Å². The third-order valence-corrected chi connectivity index (χ3v) is 8.28. The minimum atomic E-state index is -3.40. The smallest absolute Gasteiger partial charge is 0.237 e. The third-order valence-electron chi connectivity index (χ3n) is 5.57. The van der Waals surface area contributed by atoms with Crippen molar-refractivity contribution in [3.05, 3.63) is 58.9 Å². The lowest BCUT2D eigenvalue weighted by molar-refractivity contribution is -0.120. The summed E-state index contributed by atoms with van der Waals surface area (Å²) >= 11 is 1.17. The fourth-order valence-corrected chi connectivity index (χ4v) is 5.78. The molecule has 170 valence electrons. The lowest BCUT2D eigenvalue weighted by Crippen LogP contribution is -2.35. The van der Waals surface area contributed by atoms with Gasteiger partial charge in [-0.3, -0.25) is 14.5 Å². The van der Waals surface area contributed by atoms with E-state index < -0.39 is 15.4 Å². The highest BCUT2D eigenvalue weighted by atomic mass is 32.2. The number of sulfonamides is 1. The van der Waals surface area contributed by atoms with E-state index in [1.165, 1.54) is 17.5 Å². The maximum Gasteiger partial charge on any atom is 0.237 e. The predicted octanol–water partition coefficient (Wildman–Crippen LogP) is 4.21. The van der Waals surface area contributed by atoms with Crippen LogP contribution in [0, 0.1) is 18.3 Å². The molecule has 0 unspecified atom stereocenters. The number of hydrogen-bond donors (Lipinski definition) is 2. The van der Waals surface area contributed by atoms with Crippen LogP contribution in [0.3, 0.4) is 0 Å². The van der Waals surface area contributed by atoms with Gasteiger partial charge in [-0.2, -0.15) is 5.26 Å². The van der Waals surface area contributed by atoms with Crippen molar-refractivity contribution >= 4 is 38.1 Å². The van der Waals surface area contributed by atoms with E-state index in [1.54, 1.807) is 37.6 Å². The van der Waals surface area contributed by atoms with Crippen LogP contribution in [0.1, 0.15) is 43.5 Å². The van der Waals surface area contributed by atoms with Crippen molar-refractivity contribution in [1.29, 1.82) is 5.26 Å². The molecule has 1 saturated carbocycles. The van der Waals surface area contributed by atoms with Crippen molar-refractivity contribution in [2.75, 3.05) is 10.0 Å². The van der Waals surface area contributed by atoms with Crippen molar-refractivity contribution < 1.29 is 13.2 Å². The molecule has 33 heavy (non-hydrogen) atoms. The number of anilines is 2. The summed E-state index contributed by atoms with van der Waals surface area (Å²) in [6.45, 7) is 5.42. The number of amides is 1. The quantitative estimate of drug-likeness (QED) is 0.521. The second-order valence-corrected chi connectivity index (χ2v) is 11.4. The van der Waals surface area contributed by atoms with Crippen molar-refractivity contribution in [3.8, 4) is 17.2 Å². The van der Waals surface area contributed by atoms with Crippen LogP contribution >= 0.6 is 11.3 Å². The van der Waals surface area contributed by atoms with Gasteiger partial charge in [-0.15, -0.1) is 11.3 Å². The molecule has 0 bridgehead atoms. The highest BCUT2D eigenvalue weighted by Crippen LogP contribution is 2.33. The van der Waals surface area contributed by atoms with Crippen LogP contribution in [-0.2, 0) is 20.2 Å². The number of nitrogens with one attached hydrogen (secondary N) is 2. The summed E-state index contributed by atoms with van der Waals surface area (Å²) in [5.74, 6) is -0.260. The molecular formula is C23H23N5O3S2. The highest BCUT2D eigenvalue weighted by Gasteiger charge is 2.37. The number of thiazole rings is 1. The molecule has 1 aromatic carbocycles. The fraction of sp³-hybridized carbons (Fsp3) is 0.304. The number of carbonyl (C=O) groups is 1. The third kappa shape index (κ3) is 4.89. The molecule has 0 aliphatic heterocycles. The largest absolute Gasteiger partial charge is 0.325 e. The van der Waals surface area contributed by atoms with Gasteiger partial charge >= 0.3 is 0 Å². The van der Waals surface area contributed by atoms with Crippen molar-refractivity contribution in [3.63, 3.8) is 0 Å². The molecule has 1 aliphatic rings. The lowest BCUT2D eigenvalue weighted by Gasteiger charge is -2.22. The average Bonchev–Trinajstić information content (AvgIpc) is 3.54. The van der Waals surface area contributed by atoms with Crippen molar-refractivity contribution in [1.82, 2.24) is 9.97 Å². The first-order valence-electron chi connectivity index (χ1n) is 10.4. The average molecular weight is 482 g/mol. The Hall–Kier alpha value is -3.29. The summed E-state index contributed by atoms with van der Waals surface area (Å²) < 4.78 is 26.8. The second-order valence-electron chi connectivity index (χ2n) is 8.57. The number of benzene rings is 1. The van der Waals surface area contributed by atoms with E-state index in [4.69, 9.17) is 5.26 Å². The lowest BCUT2D eigenvalue weighted by atomic mass is 9.89. The zero-order valence-electron chi connectivity index (χ0n) is 18.4. The van der Waals surface area contributed by atoms with Crippen LogP contribution in [-0.4, -0.2) is 29.5 Å². The van der Waals surface area contributed by atoms with Gasteiger partial charge < -0.3 is 5.32 Å². The Labute approximate surface area is 196 Å². The zero-order chi connectivity index (χ0) is 23.8. The fourth-order valence-electron chi connectivity index (χ4n) is 3.31. The van der Waals surface area contributed by atoms with Crippen molar-refractivity contribution in [2.45, 2.75) is 44.3 Å². The summed E-state index contributed by atoms with van der Waals surface area (Å²) in [6.07, 6.45) is 4.54. The summed E-state index contributed by atoms with van der Waals surface area (Å²) in [7, 11) is -3.40. The molecule has 0 radical (unpaired) electrons. The summed E-state index contributed by atoms with van der Waals surface area (Å²) in [4.78, 5) is 21.5. The van der Waals surface area contributed by atoms with Gasteiger partial charge in [0.1, 0.15) is 6.07 Å². The molecule has 0 spiro atoms. The van der Waals surface area contributed by atoms with Gasteiger partial charge in [-0.1, -0.05) is 6.07 Å². The Morgan fingerprint density at radius 3 is 2.67 bits per heavy atom. The SMILES string of the molecule is Cc1cc(NC(=O)C(C)(C)c2csc(NS(=O)(=O)C3CC3)n2)ccc1-c1cncc(C#N)c1. The van der Waals surface area contributed by atoms with E-state index in [2.05, 4.69) is 26.1 Å². The maximum atomic E-state index is 13.1. The first-order chi connectivity index (χ1) is 15.6. The standard InChI is InChI=1S/C23H23N5O3S2/c1-14-8-17(4-7-19(14)16-9-15(10-24)11-25-12-16)26-21(29)23(2,3)20-13-32-22(27-20)28-33(30,31)18-5-6-18/h4,7-9,11-13,18H,5-6H2,1-3H3,(H,26,29)(H,27,28). The van der Waals surface area contributed by atoms with Gasteiger partial charge in [0.2, 0.25) is 15.9 Å². The molecular weight excluding hydrogens is 458 g/mol. The summed E-state index contributed by atoms with van der Waals surface area (Å²) in [5, 5.41) is 13.7. The van der Waals surface area contributed by atoms with Crippen molar-refractivity contribution in [2.24, 2.45) is 0 Å². The Kier molecular flexibility index (Phi) is 5.95. The topological polar surface area (TPSA) is 125 Å². The molecule has 2 heterocycles. The molecule has 0 saturated heterocycles. The number of nitrogens with zero attached hydrogens (tertiary/aromatic N) is 3. The molecule has 8 nitrogen and oxygen atoms in total. The molecule has 1 aliphatic carbocycles. The van der Waals surface area contributed by atoms with Crippen LogP contribution < -0.4 is 10.0 Å². The predicted molar refractivity (Wildman–Crippen MR) is 128 cm³/mol. The zero-order valence-corrected chi connectivity index (χ0v) is 20.0. The maximum absolute atomic E-state index is 13.1. The number of nitriles is 1. The van der Waals surface area contributed by atoms with Crippen LogP contribution in [0.15, 0.2) is 42.0 Å². The number of pyridine rings is 1. The van der Waals surface area contributed by atoms with E-state index in [1.807, 2.05) is 19.1 Å². The molecule has 1 fully saturated rings. The minimum Gasteiger partial charge on any atom is -0.325 e. The molecule has 2 aromatic heterocycles. The van der Waals surface area contributed by atoms with E-state index in [-0.39, 0.29) is 16.3 Å². The Bertz CT molecular complexity index is 1370. The Balaban J connectivity index is 1.49. The number of carbonyl (C=O) groups excluding carboxylic acids is 1. The van der Waals surface area contributed by atoms with Crippen LogP contribution in [0.2, 0.25) is 0 Å². The highest BCUT2D eigenvalue weighted by molar-refractivity contribution is 7.93. The number of aryl methyl sites for hydroxylation is 1. The van der Waals surface area contributed by atoms with Gasteiger partial charge in [0, 0.05) is 29.0 Å². The number of hydrogen-bond acceptors (Lipinski definition) is 7. The molecule has 10 heteroatoms. The molecule has 0 atom stereocenters. The van der Waals surface area contributed by atoms with E-state index >= 15 is 0 Å². The molecule has 4 rings (SSSR count). The first-order valence-corrected chi connectivity index (χ1v) is 12.8. The monoisotopic (exact) mass is 481 g/mol. The van der Waals surface area contributed by atoms with Gasteiger partial charge in [-0.05, 0) is 62.9 Å². The summed E-state index contributed by atoms with van der Waals surface area (Å²) in [5.41, 5.74) is 3.30. The van der Waals surface area contributed by atoms with Crippen LogP contribution in [0.25, 0.3) is 11.1 Å². The summed E-state index contributed by atoms with van der Waals surface area (Å²) in [6, 6.07) is 9.39. The molecule has 2 N–H and O–H groups in total. The Morgan fingerprint density at radius 1 is 1.24 bits per heavy atom. The van der Waals surface area contributed by atoms with Gasteiger partial charge in [-0.25, -0.2) is 13.4 Å². The van der Waals surface area contributed by atoms with E-state index in [0.717, 1.165) is 16.7 Å². The molecule has 1 amide bonds. The first kappa shape index (κ1) is 22.9. The second kappa shape index (κ2) is 8.57. The number of rotatable bonds is 7. The molecule has 3 aromatic rings. The Morgan fingerprint density at radius 2 is 2.00 bits per heavy atom. The van der Waals surface area contributed by atoms with Crippen LogP contribution in [0.4, 0.5) is 10.8 Å². The number of aromatic nitrogens is 2. The van der Waals surface area contributed by atoms with Gasteiger partial charge in [0.05, 0.1) is 21.9 Å².